The molecule has 0 fully saturated rings. The summed E-state index contributed by atoms with van der Waals surface area (Å²) in [4.78, 5) is 2.52. The van der Waals surface area contributed by atoms with Gasteiger partial charge in [0, 0.05) is 24.5 Å². The molecule has 2 N–H and O–H groups in total. The predicted molar refractivity (Wildman–Crippen MR) is 75.6 cm³/mol. The Morgan fingerprint density at radius 2 is 2.18 bits per heavy atom. The molecular weight excluding hydrogens is 208 g/mol. The molecule has 0 aromatic heterocycles. The molecule has 0 radical (unpaired) electrons. The molecule has 0 spiro atoms. The van der Waals surface area contributed by atoms with E-state index in [2.05, 4.69) is 30.9 Å². The van der Waals surface area contributed by atoms with E-state index in [4.69, 9.17) is 5.73 Å². The van der Waals surface area contributed by atoms with Gasteiger partial charge < -0.3 is 10.6 Å². The largest absolute Gasteiger partial charge is 0.399 e. The highest BCUT2D eigenvalue weighted by Gasteiger charge is 2.21. The van der Waals surface area contributed by atoms with Crippen LogP contribution in [-0.2, 0) is 0 Å². The second-order valence-corrected chi connectivity index (χ2v) is 5.20. The van der Waals surface area contributed by atoms with Gasteiger partial charge in [-0.2, -0.15) is 0 Å². The van der Waals surface area contributed by atoms with Crippen LogP contribution in [0.15, 0.2) is 18.2 Å². The zero-order valence-corrected chi connectivity index (χ0v) is 11.1. The highest BCUT2D eigenvalue weighted by Crippen LogP contribution is 2.36. The van der Waals surface area contributed by atoms with E-state index in [-0.39, 0.29) is 0 Å². The number of unbranched alkanes of at least 4 members (excludes halogenated alkanes) is 2. The fraction of sp³-hybridized carbons (Fsp3) is 0.600. The maximum Gasteiger partial charge on any atom is 0.0422 e. The minimum Gasteiger partial charge on any atom is -0.399 e. The lowest BCUT2D eigenvalue weighted by atomic mass is 9.91. The van der Waals surface area contributed by atoms with Gasteiger partial charge in [-0.3, -0.25) is 0 Å². The summed E-state index contributed by atoms with van der Waals surface area (Å²) in [6.45, 7) is 6.93. The third kappa shape index (κ3) is 2.74. The summed E-state index contributed by atoms with van der Waals surface area (Å²) < 4.78 is 0. The highest BCUT2D eigenvalue weighted by atomic mass is 15.1. The van der Waals surface area contributed by atoms with E-state index >= 15 is 0 Å². The molecule has 2 heteroatoms. The normalized spacial score (nSPS) is 19.2. The van der Waals surface area contributed by atoms with Crippen LogP contribution >= 0.6 is 0 Å². The summed E-state index contributed by atoms with van der Waals surface area (Å²) >= 11 is 0. The van der Waals surface area contributed by atoms with Crippen LogP contribution in [0, 0.1) is 0 Å². The number of nitrogens with two attached hydrogens (primary N) is 1. The van der Waals surface area contributed by atoms with Crippen molar-refractivity contribution in [1.82, 2.24) is 0 Å². The SMILES string of the molecule is CCCCCN1CCC(C)c2ccc(N)cc21. The van der Waals surface area contributed by atoms with Crippen LogP contribution in [0.1, 0.15) is 51.0 Å². The number of nitrogens with zero attached hydrogens (tertiary/aromatic N) is 1. The Morgan fingerprint density at radius 3 is 2.94 bits per heavy atom. The molecule has 0 saturated carbocycles. The monoisotopic (exact) mass is 232 g/mol. The molecule has 1 aliphatic rings. The molecule has 0 bridgehead atoms. The lowest BCUT2D eigenvalue weighted by Crippen LogP contribution is -2.31. The molecule has 17 heavy (non-hydrogen) atoms. The van der Waals surface area contributed by atoms with Crippen LogP contribution < -0.4 is 10.6 Å². The van der Waals surface area contributed by atoms with E-state index in [9.17, 15) is 0 Å². The Morgan fingerprint density at radius 1 is 1.35 bits per heavy atom. The van der Waals surface area contributed by atoms with Crippen LogP contribution in [-0.4, -0.2) is 13.1 Å². The van der Waals surface area contributed by atoms with Crippen molar-refractivity contribution >= 4 is 11.4 Å². The van der Waals surface area contributed by atoms with E-state index in [0.717, 1.165) is 5.69 Å². The van der Waals surface area contributed by atoms with Gasteiger partial charge in [0.25, 0.3) is 0 Å². The summed E-state index contributed by atoms with van der Waals surface area (Å²) in [5, 5.41) is 0. The summed E-state index contributed by atoms with van der Waals surface area (Å²) in [6, 6.07) is 6.39. The van der Waals surface area contributed by atoms with Gasteiger partial charge in [0.05, 0.1) is 0 Å². The smallest absolute Gasteiger partial charge is 0.0422 e. The molecule has 1 unspecified atom stereocenters. The minimum atomic E-state index is 0.674. The second kappa shape index (κ2) is 5.44. The van der Waals surface area contributed by atoms with Gasteiger partial charge in [-0.15, -0.1) is 0 Å². The average Bonchev–Trinajstić information content (AvgIpc) is 2.32. The molecule has 1 heterocycles. The minimum absolute atomic E-state index is 0.674. The first-order valence-electron chi connectivity index (χ1n) is 6.86. The predicted octanol–water partition coefficient (Wildman–Crippen LogP) is 3.77. The number of fused-ring (bicyclic) bond motifs is 1. The van der Waals surface area contributed by atoms with Gasteiger partial charge in [-0.25, -0.2) is 0 Å². The summed E-state index contributed by atoms with van der Waals surface area (Å²) in [7, 11) is 0. The topological polar surface area (TPSA) is 29.3 Å². The van der Waals surface area contributed by atoms with Gasteiger partial charge >= 0.3 is 0 Å². The molecule has 0 saturated heterocycles. The maximum absolute atomic E-state index is 5.92. The number of hydrogen-bond donors (Lipinski definition) is 1. The molecule has 0 amide bonds. The third-order valence-corrected chi connectivity index (χ3v) is 3.79. The first-order valence-corrected chi connectivity index (χ1v) is 6.86. The van der Waals surface area contributed by atoms with Crippen LogP contribution in [0.4, 0.5) is 11.4 Å². The summed E-state index contributed by atoms with van der Waals surface area (Å²) in [5.41, 5.74) is 9.65. The molecule has 94 valence electrons. The van der Waals surface area contributed by atoms with E-state index in [1.807, 2.05) is 6.07 Å². The molecular formula is C15H24N2. The van der Waals surface area contributed by atoms with Gasteiger partial charge in [-0.05, 0) is 36.5 Å². The number of anilines is 2. The highest BCUT2D eigenvalue weighted by molar-refractivity contribution is 5.63. The Balaban J connectivity index is 2.16. The number of rotatable bonds is 4. The Labute approximate surface area is 105 Å². The van der Waals surface area contributed by atoms with E-state index in [1.165, 1.54) is 50.0 Å². The van der Waals surface area contributed by atoms with E-state index in [1.54, 1.807) is 0 Å². The Bertz CT molecular complexity index is 373. The molecule has 2 rings (SSSR count). The van der Waals surface area contributed by atoms with Crippen LogP contribution in [0.25, 0.3) is 0 Å². The quantitative estimate of drug-likeness (QED) is 0.632. The molecule has 1 atom stereocenters. The molecule has 2 nitrogen and oxygen atoms in total. The summed E-state index contributed by atoms with van der Waals surface area (Å²) in [5.74, 6) is 0.674. The standard InChI is InChI=1S/C15H24N2/c1-3-4-5-9-17-10-8-12(2)14-7-6-13(16)11-15(14)17/h6-7,11-12H,3-5,8-10,16H2,1-2H3. The number of hydrogen-bond acceptors (Lipinski definition) is 2. The van der Waals surface area contributed by atoms with Crippen molar-refractivity contribution in [2.24, 2.45) is 0 Å². The van der Waals surface area contributed by atoms with Gasteiger partial charge in [0.15, 0.2) is 0 Å². The van der Waals surface area contributed by atoms with Gasteiger partial charge in [0.2, 0.25) is 0 Å². The summed E-state index contributed by atoms with van der Waals surface area (Å²) in [6.07, 6.45) is 5.17. The maximum atomic E-state index is 5.92. The first kappa shape index (κ1) is 12.3. The molecule has 1 aromatic carbocycles. The van der Waals surface area contributed by atoms with Crippen molar-refractivity contribution in [2.45, 2.75) is 45.4 Å². The van der Waals surface area contributed by atoms with Crippen LogP contribution in [0.5, 0.6) is 0 Å². The molecule has 1 aromatic rings. The lowest BCUT2D eigenvalue weighted by Gasteiger charge is -2.34. The van der Waals surface area contributed by atoms with Crippen molar-refractivity contribution in [3.8, 4) is 0 Å². The fourth-order valence-corrected chi connectivity index (χ4v) is 2.66. The molecule has 1 aliphatic heterocycles. The Hall–Kier alpha value is -1.18. The van der Waals surface area contributed by atoms with E-state index < -0.39 is 0 Å². The fourth-order valence-electron chi connectivity index (χ4n) is 2.66. The second-order valence-electron chi connectivity index (χ2n) is 5.20. The zero-order chi connectivity index (χ0) is 12.3. The lowest BCUT2D eigenvalue weighted by molar-refractivity contribution is 0.589. The third-order valence-electron chi connectivity index (χ3n) is 3.79. The zero-order valence-electron chi connectivity index (χ0n) is 11.1. The van der Waals surface area contributed by atoms with E-state index in [0.29, 0.717) is 5.92 Å². The van der Waals surface area contributed by atoms with Crippen molar-refractivity contribution in [3.63, 3.8) is 0 Å². The van der Waals surface area contributed by atoms with Crippen molar-refractivity contribution in [3.05, 3.63) is 23.8 Å². The van der Waals surface area contributed by atoms with Crippen molar-refractivity contribution in [2.75, 3.05) is 23.7 Å². The Kier molecular flexibility index (Phi) is 3.93. The van der Waals surface area contributed by atoms with Gasteiger partial charge in [0.1, 0.15) is 0 Å². The van der Waals surface area contributed by atoms with Crippen molar-refractivity contribution < 1.29 is 0 Å². The molecule has 0 aliphatic carbocycles. The van der Waals surface area contributed by atoms with Crippen LogP contribution in [0.2, 0.25) is 0 Å². The number of benzene rings is 1. The first-order chi connectivity index (χ1) is 8.22. The van der Waals surface area contributed by atoms with Gasteiger partial charge in [-0.1, -0.05) is 32.8 Å². The van der Waals surface area contributed by atoms with Crippen LogP contribution in [0.3, 0.4) is 0 Å². The van der Waals surface area contributed by atoms with Crippen molar-refractivity contribution in [1.29, 1.82) is 0 Å². The average molecular weight is 232 g/mol. The number of nitrogen functional groups attached to an aromatic ring is 1.